The lowest BCUT2D eigenvalue weighted by molar-refractivity contribution is -0.130. The molecule has 2 fully saturated rings. The van der Waals surface area contributed by atoms with Crippen LogP contribution in [0.2, 0.25) is 5.02 Å². The predicted octanol–water partition coefficient (Wildman–Crippen LogP) is 1.18. The van der Waals surface area contributed by atoms with E-state index in [1.54, 1.807) is 17.2 Å². The summed E-state index contributed by atoms with van der Waals surface area (Å²) in [5, 5.41) is 0.373. The van der Waals surface area contributed by atoms with E-state index in [1.165, 1.54) is 6.20 Å². The summed E-state index contributed by atoms with van der Waals surface area (Å²) in [5.74, 6) is 0.130. The van der Waals surface area contributed by atoms with Crippen molar-refractivity contribution in [2.45, 2.75) is 18.9 Å². The Morgan fingerprint density at radius 3 is 3.05 bits per heavy atom. The van der Waals surface area contributed by atoms with E-state index in [0.29, 0.717) is 36.6 Å². The van der Waals surface area contributed by atoms with E-state index < -0.39 is 0 Å². The van der Waals surface area contributed by atoms with Crippen LogP contribution < -0.4 is 0 Å². The number of hydrogen-bond donors (Lipinski definition) is 0. The van der Waals surface area contributed by atoms with E-state index in [9.17, 15) is 9.59 Å². The first-order valence-corrected chi connectivity index (χ1v) is 6.73. The maximum Gasteiger partial charge on any atom is 0.255 e. The molecular weight excluding hydrogens is 266 g/mol. The minimum atomic E-state index is -0.0774. The van der Waals surface area contributed by atoms with Gasteiger partial charge >= 0.3 is 0 Å². The SMILES string of the molecule is O=C(c1ccncc1Cl)N1CCN2C(=O)CCC2C1. The van der Waals surface area contributed by atoms with E-state index in [0.717, 1.165) is 6.42 Å². The summed E-state index contributed by atoms with van der Waals surface area (Å²) < 4.78 is 0. The van der Waals surface area contributed by atoms with Gasteiger partial charge in [0.25, 0.3) is 5.91 Å². The molecule has 2 aliphatic rings. The molecule has 19 heavy (non-hydrogen) atoms. The monoisotopic (exact) mass is 279 g/mol. The van der Waals surface area contributed by atoms with E-state index in [4.69, 9.17) is 11.6 Å². The standard InChI is InChI=1S/C13H14ClN3O2/c14-11-7-15-4-3-10(11)13(19)16-5-6-17-9(8-16)1-2-12(17)18/h3-4,7,9H,1-2,5-6,8H2. The quantitative estimate of drug-likeness (QED) is 0.776. The first kappa shape index (κ1) is 12.4. The third-order valence-corrected chi connectivity index (χ3v) is 4.09. The number of fused-ring (bicyclic) bond motifs is 1. The highest BCUT2D eigenvalue weighted by Gasteiger charge is 2.37. The van der Waals surface area contributed by atoms with Gasteiger partial charge in [-0.25, -0.2) is 0 Å². The van der Waals surface area contributed by atoms with Crippen molar-refractivity contribution in [2.75, 3.05) is 19.6 Å². The summed E-state index contributed by atoms with van der Waals surface area (Å²) in [6.45, 7) is 1.79. The number of rotatable bonds is 1. The number of amides is 2. The average molecular weight is 280 g/mol. The minimum Gasteiger partial charge on any atom is -0.336 e. The number of carbonyl (C=O) groups excluding carboxylic acids is 2. The van der Waals surface area contributed by atoms with Gasteiger partial charge in [0.2, 0.25) is 5.91 Å². The molecule has 6 heteroatoms. The van der Waals surface area contributed by atoms with Gasteiger partial charge in [0.1, 0.15) is 0 Å². The van der Waals surface area contributed by atoms with Crippen molar-refractivity contribution in [3.8, 4) is 0 Å². The molecule has 0 bridgehead atoms. The van der Waals surface area contributed by atoms with E-state index in [-0.39, 0.29) is 17.9 Å². The molecule has 1 aromatic heterocycles. The normalized spacial score (nSPS) is 22.6. The van der Waals surface area contributed by atoms with Gasteiger partial charge in [0.05, 0.1) is 10.6 Å². The molecule has 0 aromatic carbocycles. The number of pyridine rings is 1. The van der Waals surface area contributed by atoms with Crippen LogP contribution in [0, 0.1) is 0 Å². The van der Waals surface area contributed by atoms with Gasteiger partial charge in [-0.1, -0.05) is 11.6 Å². The highest BCUT2D eigenvalue weighted by Crippen LogP contribution is 2.24. The van der Waals surface area contributed by atoms with Crippen molar-refractivity contribution in [3.05, 3.63) is 29.0 Å². The molecule has 0 aliphatic carbocycles. The topological polar surface area (TPSA) is 53.5 Å². The Kier molecular flexibility index (Phi) is 3.14. The molecule has 0 spiro atoms. The van der Waals surface area contributed by atoms with Gasteiger partial charge < -0.3 is 9.80 Å². The summed E-state index contributed by atoms with van der Waals surface area (Å²) in [6, 6.07) is 1.81. The Morgan fingerprint density at radius 1 is 1.42 bits per heavy atom. The van der Waals surface area contributed by atoms with Crippen LogP contribution in [-0.2, 0) is 4.79 Å². The van der Waals surface area contributed by atoms with Crippen molar-refractivity contribution in [3.63, 3.8) is 0 Å². The zero-order valence-corrected chi connectivity index (χ0v) is 11.1. The van der Waals surface area contributed by atoms with Crippen LogP contribution in [0.3, 0.4) is 0 Å². The van der Waals surface area contributed by atoms with Crippen LogP contribution in [-0.4, -0.2) is 52.3 Å². The Hall–Kier alpha value is -1.62. The van der Waals surface area contributed by atoms with Crippen LogP contribution in [0.5, 0.6) is 0 Å². The van der Waals surface area contributed by atoms with Gasteiger partial charge in [0, 0.05) is 44.5 Å². The fourth-order valence-electron chi connectivity index (χ4n) is 2.77. The Balaban J connectivity index is 1.76. The lowest BCUT2D eigenvalue weighted by Crippen LogP contribution is -2.53. The van der Waals surface area contributed by atoms with Gasteiger partial charge in [0.15, 0.2) is 0 Å². The molecule has 2 amide bonds. The second-order valence-electron chi connectivity index (χ2n) is 4.89. The van der Waals surface area contributed by atoms with Crippen molar-refractivity contribution < 1.29 is 9.59 Å². The zero-order valence-electron chi connectivity index (χ0n) is 10.4. The molecule has 1 aromatic rings. The molecule has 2 aliphatic heterocycles. The summed E-state index contributed by atoms with van der Waals surface area (Å²) >= 11 is 6.00. The van der Waals surface area contributed by atoms with Crippen LogP contribution in [0.4, 0.5) is 0 Å². The lowest BCUT2D eigenvalue weighted by atomic mass is 10.1. The van der Waals surface area contributed by atoms with Crippen molar-refractivity contribution in [1.29, 1.82) is 0 Å². The van der Waals surface area contributed by atoms with Crippen LogP contribution >= 0.6 is 11.6 Å². The third-order valence-electron chi connectivity index (χ3n) is 3.78. The number of halogens is 1. The molecule has 1 atom stereocenters. The van der Waals surface area contributed by atoms with Gasteiger partial charge in [-0.15, -0.1) is 0 Å². The fraction of sp³-hybridized carbons (Fsp3) is 0.462. The molecule has 2 saturated heterocycles. The van der Waals surface area contributed by atoms with Gasteiger partial charge in [-0.3, -0.25) is 14.6 Å². The molecular formula is C13H14ClN3O2. The molecule has 1 unspecified atom stereocenters. The fourth-order valence-corrected chi connectivity index (χ4v) is 2.97. The Morgan fingerprint density at radius 2 is 2.26 bits per heavy atom. The first-order chi connectivity index (χ1) is 9.16. The second-order valence-corrected chi connectivity index (χ2v) is 5.29. The molecule has 100 valence electrons. The first-order valence-electron chi connectivity index (χ1n) is 6.35. The number of carbonyl (C=O) groups is 2. The Labute approximate surface area is 116 Å². The average Bonchev–Trinajstić information content (AvgIpc) is 2.80. The van der Waals surface area contributed by atoms with E-state index in [2.05, 4.69) is 4.98 Å². The van der Waals surface area contributed by atoms with E-state index in [1.807, 2.05) is 4.90 Å². The van der Waals surface area contributed by atoms with Crippen molar-refractivity contribution >= 4 is 23.4 Å². The number of nitrogens with zero attached hydrogens (tertiary/aromatic N) is 3. The van der Waals surface area contributed by atoms with Crippen LogP contribution in [0.15, 0.2) is 18.5 Å². The van der Waals surface area contributed by atoms with E-state index >= 15 is 0 Å². The largest absolute Gasteiger partial charge is 0.336 e. The number of hydrogen-bond acceptors (Lipinski definition) is 3. The maximum absolute atomic E-state index is 12.4. The van der Waals surface area contributed by atoms with Crippen LogP contribution in [0.25, 0.3) is 0 Å². The molecule has 5 nitrogen and oxygen atoms in total. The van der Waals surface area contributed by atoms with Gasteiger partial charge in [-0.2, -0.15) is 0 Å². The number of aromatic nitrogens is 1. The summed E-state index contributed by atoms with van der Waals surface area (Å²) in [5.41, 5.74) is 0.481. The predicted molar refractivity (Wildman–Crippen MR) is 69.9 cm³/mol. The van der Waals surface area contributed by atoms with Gasteiger partial charge in [-0.05, 0) is 12.5 Å². The van der Waals surface area contributed by atoms with Crippen LogP contribution in [0.1, 0.15) is 23.2 Å². The maximum atomic E-state index is 12.4. The Bertz CT molecular complexity index is 534. The summed E-state index contributed by atoms with van der Waals surface area (Å²) in [6.07, 6.45) is 4.48. The highest BCUT2D eigenvalue weighted by molar-refractivity contribution is 6.33. The molecule has 0 saturated carbocycles. The summed E-state index contributed by atoms with van der Waals surface area (Å²) in [7, 11) is 0. The van der Waals surface area contributed by atoms with Crippen molar-refractivity contribution in [1.82, 2.24) is 14.8 Å². The molecule has 3 heterocycles. The smallest absolute Gasteiger partial charge is 0.255 e. The number of piperazine rings is 1. The molecule has 3 rings (SSSR count). The third kappa shape index (κ3) is 2.18. The lowest BCUT2D eigenvalue weighted by Gasteiger charge is -2.37. The molecule has 0 radical (unpaired) electrons. The molecule has 0 N–H and O–H groups in total. The summed E-state index contributed by atoms with van der Waals surface area (Å²) in [4.78, 5) is 31.5. The zero-order chi connectivity index (χ0) is 13.4. The second kappa shape index (κ2) is 4.81. The highest BCUT2D eigenvalue weighted by atomic mass is 35.5. The minimum absolute atomic E-state index is 0.0774. The van der Waals surface area contributed by atoms with Crippen molar-refractivity contribution in [2.24, 2.45) is 0 Å².